The largest absolute Gasteiger partial charge is 0.416 e. The minimum absolute atomic E-state index is 0.370. The van der Waals surface area contributed by atoms with Crippen LogP contribution in [0.1, 0.15) is 11.1 Å². The normalized spacial score (nSPS) is 12.5. The quantitative estimate of drug-likeness (QED) is 0.586. The number of rotatable bonds is 3. The van der Waals surface area contributed by atoms with Crippen LogP contribution in [0.2, 0.25) is 0 Å². The monoisotopic (exact) mass is 346 g/mol. The first kappa shape index (κ1) is 17.3. The summed E-state index contributed by atoms with van der Waals surface area (Å²) >= 11 is 0. The molecule has 0 aliphatic carbocycles. The first-order chi connectivity index (χ1) is 10.6. The Balaban J connectivity index is 2.47. The highest BCUT2D eigenvalue weighted by Crippen LogP contribution is 2.29. The summed E-state index contributed by atoms with van der Waals surface area (Å²) in [5, 5.41) is 0.739. The number of hydrogen-bond acceptors (Lipinski definition) is 0. The predicted octanol–water partition coefficient (Wildman–Crippen LogP) is 3.79. The van der Waals surface area contributed by atoms with Gasteiger partial charge in [-0.05, 0) is 0 Å². The second-order valence-corrected chi connectivity index (χ2v) is 7.72. The van der Waals surface area contributed by atoms with E-state index in [1.807, 2.05) is 0 Å². The van der Waals surface area contributed by atoms with Gasteiger partial charge in [-0.15, -0.1) is 6.58 Å². The summed E-state index contributed by atoms with van der Waals surface area (Å²) in [5.74, 6) is 0. The fourth-order valence-electron chi connectivity index (χ4n) is 2.28. The van der Waals surface area contributed by atoms with Gasteiger partial charge in [0.15, 0.2) is 0 Å². The van der Waals surface area contributed by atoms with E-state index in [9.17, 15) is 26.3 Å². The molecular formula is C16H12F6Si. The molecule has 0 spiro atoms. The Kier molecular flexibility index (Phi) is 4.70. The standard InChI is InChI=1S/C16H12F6Si/c1-2-23(13-7-3-5-11(9-13)15(17,18)19)14-8-4-6-12(10-14)16(20,21)22/h2-10,23H,1H2. The van der Waals surface area contributed by atoms with E-state index in [0.29, 0.717) is 10.4 Å². The second-order valence-electron chi connectivity index (χ2n) is 4.96. The third kappa shape index (κ3) is 4.04. The van der Waals surface area contributed by atoms with Crippen LogP contribution in [-0.4, -0.2) is 8.80 Å². The minimum Gasteiger partial charge on any atom is -0.166 e. The van der Waals surface area contributed by atoms with Crippen molar-refractivity contribution in [3.63, 3.8) is 0 Å². The average Bonchev–Trinajstić information content (AvgIpc) is 2.47. The summed E-state index contributed by atoms with van der Waals surface area (Å²) in [6, 6.07) is 9.35. The molecule has 0 saturated carbocycles. The van der Waals surface area contributed by atoms with E-state index < -0.39 is 32.3 Å². The van der Waals surface area contributed by atoms with Gasteiger partial charge in [-0.3, -0.25) is 0 Å². The lowest BCUT2D eigenvalue weighted by atomic mass is 10.2. The van der Waals surface area contributed by atoms with Gasteiger partial charge >= 0.3 is 12.4 Å². The van der Waals surface area contributed by atoms with Crippen molar-refractivity contribution < 1.29 is 26.3 Å². The Morgan fingerprint density at radius 2 is 1.13 bits per heavy atom. The molecule has 0 atom stereocenters. The van der Waals surface area contributed by atoms with Crippen LogP contribution in [0.25, 0.3) is 0 Å². The molecule has 0 fully saturated rings. The van der Waals surface area contributed by atoms with E-state index in [1.54, 1.807) is 0 Å². The lowest BCUT2D eigenvalue weighted by Crippen LogP contribution is -2.41. The van der Waals surface area contributed by atoms with Crippen LogP contribution in [0.3, 0.4) is 0 Å². The molecule has 0 amide bonds. The molecule has 2 aromatic rings. The Bertz CT molecular complexity index is 645. The lowest BCUT2D eigenvalue weighted by molar-refractivity contribution is -0.138. The van der Waals surface area contributed by atoms with Crippen LogP contribution >= 0.6 is 0 Å². The van der Waals surface area contributed by atoms with E-state index in [0.717, 1.165) is 24.3 Å². The third-order valence-corrected chi connectivity index (χ3v) is 6.01. The molecule has 0 N–H and O–H groups in total. The van der Waals surface area contributed by atoms with E-state index >= 15 is 0 Å². The van der Waals surface area contributed by atoms with Gasteiger partial charge in [0.1, 0.15) is 8.80 Å². The van der Waals surface area contributed by atoms with Gasteiger partial charge < -0.3 is 0 Å². The molecule has 0 aliphatic heterocycles. The van der Waals surface area contributed by atoms with Crippen LogP contribution in [0, 0.1) is 0 Å². The van der Waals surface area contributed by atoms with Crippen molar-refractivity contribution in [1.29, 1.82) is 0 Å². The Labute approximate surface area is 130 Å². The Morgan fingerprint density at radius 3 is 1.43 bits per heavy atom. The van der Waals surface area contributed by atoms with E-state index in [2.05, 4.69) is 6.58 Å². The molecule has 0 aromatic heterocycles. The highest BCUT2D eigenvalue weighted by molar-refractivity contribution is 6.89. The van der Waals surface area contributed by atoms with Crippen LogP contribution in [0.15, 0.2) is 60.8 Å². The van der Waals surface area contributed by atoms with Gasteiger partial charge in [-0.25, -0.2) is 0 Å². The van der Waals surface area contributed by atoms with Gasteiger partial charge in [0.25, 0.3) is 0 Å². The van der Waals surface area contributed by atoms with Gasteiger partial charge in [-0.1, -0.05) is 64.6 Å². The maximum Gasteiger partial charge on any atom is 0.416 e. The Hall–Kier alpha value is -2.02. The average molecular weight is 346 g/mol. The van der Waals surface area contributed by atoms with Crippen molar-refractivity contribution in [2.24, 2.45) is 0 Å². The van der Waals surface area contributed by atoms with Gasteiger partial charge in [0.05, 0.1) is 11.1 Å². The van der Waals surface area contributed by atoms with Gasteiger partial charge in [-0.2, -0.15) is 26.3 Å². The zero-order valence-electron chi connectivity index (χ0n) is 11.7. The molecule has 0 bridgehead atoms. The molecule has 0 saturated heterocycles. The highest BCUT2D eigenvalue weighted by Gasteiger charge is 2.32. The van der Waals surface area contributed by atoms with Gasteiger partial charge in [0, 0.05) is 0 Å². The van der Waals surface area contributed by atoms with Crippen LogP contribution in [0.5, 0.6) is 0 Å². The fraction of sp³-hybridized carbons (Fsp3) is 0.125. The van der Waals surface area contributed by atoms with Crippen LogP contribution in [-0.2, 0) is 12.4 Å². The molecule has 0 aliphatic rings. The molecule has 7 heteroatoms. The Morgan fingerprint density at radius 1 is 0.739 bits per heavy atom. The van der Waals surface area contributed by atoms with E-state index in [-0.39, 0.29) is 0 Å². The maximum absolute atomic E-state index is 12.8. The zero-order chi connectivity index (χ0) is 17.3. The number of benzene rings is 2. The van der Waals surface area contributed by atoms with Crippen molar-refractivity contribution in [3.8, 4) is 0 Å². The van der Waals surface area contributed by atoms with Crippen molar-refractivity contribution in [1.82, 2.24) is 0 Å². The van der Waals surface area contributed by atoms with E-state index in [4.69, 9.17) is 0 Å². The molecular weight excluding hydrogens is 334 g/mol. The zero-order valence-corrected chi connectivity index (χ0v) is 12.9. The smallest absolute Gasteiger partial charge is 0.166 e. The van der Waals surface area contributed by atoms with Crippen molar-refractivity contribution in [2.45, 2.75) is 12.4 Å². The number of alkyl halides is 6. The van der Waals surface area contributed by atoms with E-state index in [1.165, 1.54) is 30.0 Å². The molecule has 122 valence electrons. The topological polar surface area (TPSA) is 0 Å². The second kappa shape index (κ2) is 6.23. The van der Waals surface area contributed by atoms with Crippen LogP contribution in [0.4, 0.5) is 26.3 Å². The summed E-state index contributed by atoms with van der Waals surface area (Å²) in [5.41, 5.74) is -0.173. The van der Waals surface area contributed by atoms with Gasteiger partial charge in [0.2, 0.25) is 0 Å². The number of hydrogen-bond donors (Lipinski definition) is 0. The lowest BCUT2D eigenvalue weighted by Gasteiger charge is -2.16. The summed E-state index contributed by atoms with van der Waals surface area (Å²) in [7, 11) is -2.37. The third-order valence-electron chi connectivity index (χ3n) is 3.38. The summed E-state index contributed by atoms with van der Waals surface area (Å²) < 4.78 is 76.8. The van der Waals surface area contributed by atoms with Crippen molar-refractivity contribution in [2.75, 3.05) is 0 Å². The highest BCUT2D eigenvalue weighted by atomic mass is 28.3. The molecule has 2 rings (SSSR count). The SMILES string of the molecule is C=C[SiH](c1cccc(C(F)(F)F)c1)c1cccc(C(F)(F)F)c1. The summed E-state index contributed by atoms with van der Waals surface area (Å²) in [6.45, 7) is 3.60. The molecule has 0 nitrogen and oxygen atoms in total. The first-order valence-corrected chi connectivity index (χ1v) is 8.42. The molecule has 2 aromatic carbocycles. The molecule has 23 heavy (non-hydrogen) atoms. The first-order valence-electron chi connectivity index (χ1n) is 6.60. The minimum atomic E-state index is -4.50. The van der Waals surface area contributed by atoms with Crippen molar-refractivity contribution in [3.05, 3.63) is 71.9 Å². The predicted molar refractivity (Wildman–Crippen MR) is 79.5 cm³/mol. The van der Waals surface area contributed by atoms with Crippen molar-refractivity contribution >= 4 is 19.2 Å². The fourth-order valence-corrected chi connectivity index (χ4v) is 4.57. The number of halogens is 6. The molecule has 0 radical (unpaired) electrons. The maximum atomic E-state index is 12.8. The molecule has 0 unspecified atom stereocenters. The molecule has 0 heterocycles. The summed E-state index contributed by atoms with van der Waals surface area (Å²) in [6.07, 6.45) is -8.99. The summed E-state index contributed by atoms with van der Waals surface area (Å²) in [4.78, 5) is 0. The van der Waals surface area contributed by atoms with Crippen LogP contribution < -0.4 is 10.4 Å².